The number of carbonyl (C=O) groups is 3. The van der Waals surface area contributed by atoms with E-state index in [1.807, 2.05) is 77.1 Å². The third-order valence-electron chi connectivity index (χ3n) is 16.0. The molecular formula is C65H31F4N9O5S4. The highest BCUT2D eigenvalue weighted by Crippen LogP contribution is 2.59. The van der Waals surface area contributed by atoms with Gasteiger partial charge in [-0.25, -0.2) is 27.5 Å². The van der Waals surface area contributed by atoms with E-state index in [0.29, 0.717) is 92.4 Å². The molecule has 0 radical (unpaired) electrons. The van der Waals surface area contributed by atoms with Gasteiger partial charge >= 0.3 is 0 Å². The van der Waals surface area contributed by atoms with Crippen LogP contribution < -0.4 is 9.47 Å². The lowest BCUT2D eigenvalue weighted by Gasteiger charge is -2.31. The zero-order valence-corrected chi connectivity index (χ0v) is 48.8. The van der Waals surface area contributed by atoms with Crippen LogP contribution in [0.2, 0.25) is 0 Å². The van der Waals surface area contributed by atoms with E-state index in [0.717, 1.165) is 50.0 Å². The molecule has 15 rings (SSSR count). The van der Waals surface area contributed by atoms with Gasteiger partial charge < -0.3 is 9.47 Å². The Morgan fingerprint density at radius 1 is 0.529 bits per heavy atom. The van der Waals surface area contributed by atoms with Gasteiger partial charge in [-0.2, -0.15) is 36.0 Å². The zero-order chi connectivity index (χ0) is 60.6. The van der Waals surface area contributed by atoms with Gasteiger partial charge in [-0.05, 0) is 106 Å². The number of hydrogen-bond acceptors (Lipinski definition) is 17. The summed E-state index contributed by atoms with van der Waals surface area (Å²) in [5.41, 5.74) is 2.22. The summed E-state index contributed by atoms with van der Waals surface area (Å²) in [5, 5.41) is 50.2. The number of Topliss-reactive ketones (excluding diaryl/α,β-unsaturated/α-hetero) is 2. The van der Waals surface area contributed by atoms with Gasteiger partial charge in [-0.3, -0.25) is 14.4 Å². The van der Waals surface area contributed by atoms with Gasteiger partial charge in [0.05, 0.1) is 26.1 Å². The van der Waals surface area contributed by atoms with E-state index >= 15 is 0 Å². The molecule has 5 aliphatic rings. The van der Waals surface area contributed by atoms with Gasteiger partial charge in [-0.1, -0.05) is 24.3 Å². The number of nitrogens with zero attached hydrogens (tertiary/aromatic N) is 9. The summed E-state index contributed by atoms with van der Waals surface area (Å²) in [5.74, 6) is -5.66. The van der Waals surface area contributed by atoms with Crippen molar-refractivity contribution in [1.29, 1.82) is 21.0 Å². The maximum atomic E-state index is 14.7. The van der Waals surface area contributed by atoms with Crippen molar-refractivity contribution in [1.82, 2.24) is 25.0 Å². The molecule has 0 bridgehead atoms. The van der Waals surface area contributed by atoms with E-state index < -0.39 is 57.2 Å². The van der Waals surface area contributed by atoms with E-state index in [4.69, 9.17) is 29.6 Å². The predicted molar refractivity (Wildman–Crippen MR) is 319 cm³/mol. The van der Waals surface area contributed by atoms with Gasteiger partial charge in [0, 0.05) is 86.3 Å². The number of aromatic nitrogens is 5. The Morgan fingerprint density at radius 3 is 1.51 bits per heavy atom. The Kier molecular flexibility index (Phi) is 11.4. The summed E-state index contributed by atoms with van der Waals surface area (Å²) in [7, 11) is 0. The Labute approximate surface area is 505 Å². The monoisotopic (exact) mass is 1220 g/mol. The van der Waals surface area contributed by atoms with E-state index in [-0.39, 0.29) is 56.0 Å². The molecule has 10 aromatic rings. The lowest BCUT2D eigenvalue weighted by Crippen LogP contribution is -2.27. The van der Waals surface area contributed by atoms with Gasteiger partial charge in [0.25, 0.3) is 0 Å². The topological polar surface area (TPSA) is 221 Å². The quantitative estimate of drug-likeness (QED) is 0.0890. The van der Waals surface area contributed by atoms with Crippen LogP contribution in [0, 0.1) is 68.6 Å². The summed E-state index contributed by atoms with van der Waals surface area (Å²) in [6.45, 7) is 9.88. The van der Waals surface area contributed by atoms with Gasteiger partial charge in [0.15, 0.2) is 34.8 Å². The molecule has 2 aliphatic heterocycles. The first-order chi connectivity index (χ1) is 41.7. The molecule has 6 aromatic heterocycles. The predicted octanol–water partition coefficient (Wildman–Crippen LogP) is 15.5. The number of nitriles is 4. The van der Waals surface area contributed by atoms with Crippen LogP contribution in [0.4, 0.5) is 17.6 Å². The summed E-state index contributed by atoms with van der Waals surface area (Å²) in [4.78, 5) is 60.0. The smallest absolute Gasteiger partial charge is 0.214 e. The molecule has 0 spiro atoms. The minimum absolute atomic E-state index is 0.0591. The maximum Gasteiger partial charge on any atom is 0.214 e. The van der Waals surface area contributed by atoms with Crippen molar-refractivity contribution in [2.75, 3.05) is 0 Å². The van der Waals surface area contributed by atoms with Crippen molar-refractivity contribution in [2.24, 2.45) is 0 Å². The summed E-state index contributed by atoms with van der Waals surface area (Å²) in [6, 6.07) is 25.1. The van der Waals surface area contributed by atoms with Crippen molar-refractivity contribution in [3.8, 4) is 87.4 Å². The average molecular weight is 1220 g/mol. The number of fused-ring (bicyclic) bond motifs is 13. The van der Waals surface area contributed by atoms with E-state index in [9.17, 15) is 53.0 Å². The second-order valence-electron chi connectivity index (χ2n) is 21.8. The highest BCUT2D eigenvalue weighted by atomic mass is 32.1. The van der Waals surface area contributed by atoms with Crippen LogP contribution in [0.5, 0.6) is 11.5 Å². The summed E-state index contributed by atoms with van der Waals surface area (Å²) >= 11 is 5.41. The zero-order valence-electron chi connectivity index (χ0n) is 45.5. The number of benzene rings is 4. The molecule has 4 aromatic carbocycles. The highest BCUT2D eigenvalue weighted by Gasteiger charge is 2.43. The molecule has 0 saturated carbocycles. The molecule has 14 nitrogen and oxygen atoms in total. The van der Waals surface area contributed by atoms with Crippen molar-refractivity contribution in [3.63, 3.8) is 0 Å². The van der Waals surface area contributed by atoms with Crippen LogP contribution in [0.3, 0.4) is 0 Å². The molecule has 0 saturated heterocycles. The van der Waals surface area contributed by atoms with Gasteiger partial charge in [-0.15, -0.1) is 45.3 Å². The highest BCUT2D eigenvalue weighted by molar-refractivity contribution is 7.25. The Morgan fingerprint density at radius 2 is 0.966 bits per heavy atom. The summed E-state index contributed by atoms with van der Waals surface area (Å²) < 4.78 is 72.2. The average Bonchev–Trinajstić information content (AvgIpc) is 1.61. The molecule has 0 fully saturated rings. The molecule has 418 valence electrons. The largest absolute Gasteiger partial charge is 0.482 e. The van der Waals surface area contributed by atoms with Crippen LogP contribution >= 0.6 is 45.3 Å². The first kappa shape index (κ1) is 53.4. The summed E-state index contributed by atoms with van der Waals surface area (Å²) in [6.07, 6.45) is 3.02. The second-order valence-corrected chi connectivity index (χ2v) is 26.1. The molecule has 0 amide bonds. The van der Waals surface area contributed by atoms with Crippen molar-refractivity contribution in [2.45, 2.75) is 52.4 Å². The van der Waals surface area contributed by atoms with Crippen LogP contribution in [0.25, 0.3) is 97.0 Å². The third-order valence-corrected chi connectivity index (χ3v) is 20.7. The number of ether oxygens (including phenoxy) is 2. The fourth-order valence-corrected chi connectivity index (χ4v) is 17.1. The van der Waals surface area contributed by atoms with Gasteiger partial charge in [0.2, 0.25) is 5.78 Å². The number of carbonyl (C=O) groups excluding carboxylic acids is 3. The molecule has 3 aliphatic carbocycles. The normalized spacial score (nSPS) is 16.1. The van der Waals surface area contributed by atoms with Crippen molar-refractivity contribution >= 4 is 108 Å². The number of allylic oxidation sites excluding steroid dienone is 6. The Bertz CT molecular complexity index is 5320. The van der Waals surface area contributed by atoms with Crippen LogP contribution in [-0.2, 0) is 17.7 Å². The molecule has 8 heterocycles. The molecular weight excluding hydrogens is 1190 g/mol. The third kappa shape index (κ3) is 7.59. The number of hydrogen-bond donors (Lipinski definition) is 0. The first-order valence-corrected chi connectivity index (χ1v) is 29.8. The number of thiophene rings is 4. The fraction of sp³-hybridized carbons (Fsp3) is 0.123. The SMILES string of the molecule is CCn1nc2c(-c3cc4c(s3)-c3sc(/C=C5\C(=O)c6cc(F)c(F)cc6C5=C(C#N)C#N)cc3C(C)(C)O4)c3nc4c(nc3c(-c3cc5c(s3)-c3sc(/C=C6\C(=O)c7cc(F)c(F)cc7C6=C(C#N)C#N)cc3OC5(C)C)c2n1)C(=O)c1ccccc1-4. The lowest BCUT2D eigenvalue weighted by molar-refractivity contribution is 0.103. The Balaban J connectivity index is 0.912. The molecule has 0 unspecified atom stereocenters. The van der Waals surface area contributed by atoms with E-state index in [1.54, 1.807) is 35.1 Å². The standard InChI is InChI=1S/C65H31F4N9O5S4/c1-6-78-76-54-49(45-19-38-61(86-45)62-43(82-65(38,4)5)14-28(85-62)12-36-48(26(23-72)24-73)32-16-40(67)42(69)18-34(32)58(36)80)53-52(74-51-29-9-7-8-10-30(29)59(81)56(51)75-53)50(55(54)77-78)46-20-44-63(87-46)60-37(64(2,3)83-44)13-27(84-60)11-35-47(25(21-70)22-71)31-15-39(66)41(68)17-33(31)57(35)79/h7-20H,6H2,1-5H3/b35-11-,36-12-. The molecule has 22 heteroatoms. The number of halogens is 4. The van der Waals surface area contributed by atoms with Crippen LogP contribution in [0.1, 0.15) is 103 Å². The lowest BCUT2D eigenvalue weighted by atomic mass is 9.93. The van der Waals surface area contributed by atoms with Crippen LogP contribution in [-0.4, -0.2) is 42.3 Å². The first-order valence-electron chi connectivity index (χ1n) is 26.6. The molecule has 0 atom stereocenters. The number of ketones is 3. The van der Waals surface area contributed by atoms with Crippen LogP contribution in [0.15, 0.2) is 95.1 Å². The minimum Gasteiger partial charge on any atom is -0.482 e. The second kappa shape index (κ2) is 18.6. The Hall–Kier alpha value is -10.3. The van der Waals surface area contributed by atoms with E-state index in [2.05, 4.69) is 0 Å². The molecule has 87 heavy (non-hydrogen) atoms. The fourth-order valence-electron chi connectivity index (χ4n) is 12.0. The van der Waals surface area contributed by atoms with Gasteiger partial charge in [0.1, 0.15) is 91.6 Å². The van der Waals surface area contributed by atoms with Crippen molar-refractivity contribution in [3.05, 3.63) is 173 Å². The number of rotatable bonds is 5. The maximum absolute atomic E-state index is 14.7. The van der Waals surface area contributed by atoms with Crippen molar-refractivity contribution < 1.29 is 41.4 Å². The van der Waals surface area contributed by atoms with E-state index in [1.165, 1.54) is 57.5 Å². The number of aryl methyl sites for hydroxylation is 1. The minimum atomic E-state index is -1.25. The molecule has 0 N–H and O–H groups in total.